The van der Waals surface area contributed by atoms with Gasteiger partial charge in [0.05, 0.1) is 10.6 Å². The first-order chi connectivity index (χ1) is 7.91. The zero-order valence-corrected chi connectivity index (χ0v) is 11.4. The minimum absolute atomic E-state index is 0.253. The Morgan fingerprint density at radius 3 is 2.76 bits per heavy atom. The predicted molar refractivity (Wildman–Crippen MR) is 67.4 cm³/mol. The van der Waals surface area contributed by atoms with Crippen molar-refractivity contribution in [3.05, 3.63) is 34.1 Å². The third-order valence-corrected chi connectivity index (χ3v) is 3.04. The molecule has 0 radical (unpaired) electrons. The number of nitrogens with zero attached hydrogens (tertiary/aromatic N) is 1. The molecule has 1 unspecified atom stereocenters. The molecule has 0 aliphatic carbocycles. The van der Waals surface area contributed by atoms with Gasteiger partial charge in [-0.1, -0.05) is 0 Å². The summed E-state index contributed by atoms with van der Waals surface area (Å²) < 4.78 is 13.6. The van der Waals surface area contributed by atoms with Gasteiger partial charge in [-0.2, -0.15) is 0 Å². The van der Waals surface area contributed by atoms with Crippen molar-refractivity contribution < 1.29 is 14.3 Å². The largest absolute Gasteiger partial charge is 0.393 e. The van der Waals surface area contributed by atoms with E-state index in [2.05, 4.69) is 15.9 Å². The van der Waals surface area contributed by atoms with Gasteiger partial charge in [-0.25, -0.2) is 4.39 Å². The average Bonchev–Trinajstić information content (AvgIpc) is 2.28. The monoisotopic (exact) mass is 303 g/mol. The molecule has 0 aliphatic rings. The van der Waals surface area contributed by atoms with Gasteiger partial charge in [0.25, 0.3) is 5.91 Å². The van der Waals surface area contributed by atoms with Crippen LogP contribution in [0.4, 0.5) is 4.39 Å². The standard InChI is InChI=1S/C12H15BrFNO2/c1-8(16)5-6-15(2)12(17)9-3-4-10(13)11(14)7-9/h3-4,7-8,16H,5-6H2,1-2H3. The van der Waals surface area contributed by atoms with Crippen LogP contribution in [0, 0.1) is 5.82 Å². The van der Waals surface area contributed by atoms with Crippen LogP contribution in [0.5, 0.6) is 0 Å². The summed E-state index contributed by atoms with van der Waals surface area (Å²) in [5.41, 5.74) is 0.304. The van der Waals surface area contributed by atoms with Crippen LogP contribution in [0.3, 0.4) is 0 Å². The maximum absolute atomic E-state index is 13.3. The summed E-state index contributed by atoms with van der Waals surface area (Å²) in [7, 11) is 1.63. The van der Waals surface area contributed by atoms with Gasteiger partial charge in [-0.15, -0.1) is 0 Å². The number of hydrogen-bond donors (Lipinski definition) is 1. The second kappa shape index (κ2) is 6.12. The van der Waals surface area contributed by atoms with Crippen molar-refractivity contribution in [1.29, 1.82) is 0 Å². The van der Waals surface area contributed by atoms with E-state index < -0.39 is 11.9 Å². The molecule has 3 nitrogen and oxygen atoms in total. The van der Waals surface area contributed by atoms with Crippen molar-refractivity contribution in [1.82, 2.24) is 4.90 Å². The Kier molecular flexibility index (Phi) is 5.08. The number of halogens is 2. The lowest BCUT2D eigenvalue weighted by molar-refractivity contribution is 0.0768. The molecule has 1 N–H and O–H groups in total. The van der Waals surface area contributed by atoms with E-state index in [1.807, 2.05) is 0 Å². The maximum Gasteiger partial charge on any atom is 0.253 e. The topological polar surface area (TPSA) is 40.5 Å². The number of amides is 1. The molecule has 0 spiro atoms. The van der Waals surface area contributed by atoms with Crippen molar-refractivity contribution in [3.8, 4) is 0 Å². The summed E-state index contributed by atoms with van der Waals surface area (Å²) in [6.07, 6.45) is 0.0493. The molecule has 1 rings (SSSR count). The van der Waals surface area contributed by atoms with Gasteiger partial charge in [0.1, 0.15) is 5.82 Å². The SMILES string of the molecule is CC(O)CCN(C)C(=O)c1ccc(Br)c(F)c1. The quantitative estimate of drug-likeness (QED) is 0.928. The van der Waals surface area contributed by atoms with E-state index in [0.29, 0.717) is 23.0 Å². The molecule has 0 saturated heterocycles. The number of aliphatic hydroxyl groups is 1. The van der Waals surface area contributed by atoms with Crippen LogP contribution >= 0.6 is 15.9 Å². The molecule has 1 aromatic carbocycles. The fourth-order valence-electron chi connectivity index (χ4n) is 1.33. The Bertz CT molecular complexity index is 409. The second-order valence-corrected chi connectivity index (χ2v) is 4.85. The molecule has 1 atom stereocenters. The first-order valence-electron chi connectivity index (χ1n) is 5.30. The minimum Gasteiger partial charge on any atom is -0.393 e. The van der Waals surface area contributed by atoms with E-state index >= 15 is 0 Å². The highest BCUT2D eigenvalue weighted by molar-refractivity contribution is 9.10. The van der Waals surface area contributed by atoms with Crippen LogP contribution in [0.2, 0.25) is 0 Å². The highest BCUT2D eigenvalue weighted by Crippen LogP contribution is 2.17. The number of benzene rings is 1. The first kappa shape index (κ1) is 14.1. The van der Waals surface area contributed by atoms with Gasteiger partial charge in [-0.3, -0.25) is 4.79 Å². The first-order valence-corrected chi connectivity index (χ1v) is 6.09. The Balaban J connectivity index is 2.71. The molecule has 0 aliphatic heterocycles. The van der Waals surface area contributed by atoms with E-state index in [9.17, 15) is 9.18 Å². The Labute approximate surface area is 108 Å². The molecular weight excluding hydrogens is 289 g/mol. The van der Waals surface area contributed by atoms with Crippen molar-refractivity contribution in [2.75, 3.05) is 13.6 Å². The molecule has 17 heavy (non-hydrogen) atoms. The molecule has 0 fully saturated rings. The summed E-state index contributed by atoms with van der Waals surface area (Å²) >= 11 is 3.03. The van der Waals surface area contributed by atoms with Gasteiger partial charge < -0.3 is 10.0 Å². The Morgan fingerprint density at radius 1 is 1.59 bits per heavy atom. The fraction of sp³-hybridized carbons (Fsp3) is 0.417. The summed E-state index contributed by atoms with van der Waals surface area (Å²) in [6, 6.07) is 4.27. The molecule has 5 heteroatoms. The smallest absolute Gasteiger partial charge is 0.253 e. The zero-order valence-electron chi connectivity index (χ0n) is 9.78. The van der Waals surface area contributed by atoms with Gasteiger partial charge in [0.2, 0.25) is 0 Å². The van der Waals surface area contributed by atoms with Crippen LogP contribution in [0.15, 0.2) is 22.7 Å². The summed E-state index contributed by atoms with van der Waals surface area (Å²) in [4.78, 5) is 13.4. The van der Waals surface area contributed by atoms with Crippen LogP contribution in [0.1, 0.15) is 23.7 Å². The Morgan fingerprint density at radius 2 is 2.24 bits per heavy atom. The van der Waals surface area contributed by atoms with E-state index in [4.69, 9.17) is 5.11 Å². The minimum atomic E-state index is -0.459. The number of carbonyl (C=O) groups excluding carboxylic acids is 1. The highest BCUT2D eigenvalue weighted by atomic mass is 79.9. The van der Waals surface area contributed by atoms with Crippen molar-refractivity contribution in [3.63, 3.8) is 0 Å². The van der Waals surface area contributed by atoms with Crippen molar-refractivity contribution in [2.45, 2.75) is 19.4 Å². The highest BCUT2D eigenvalue weighted by Gasteiger charge is 2.13. The van der Waals surface area contributed by atoms with Crippen LogP contribution in [-0.4, -0.2) is 35.6 Å². The van der Waals surface area contributed by atoms with E-state index in [1.54, 1.807) is 20.0 Å². The molecular formula is C12H15BrFNO2. The maximum atomic E-state index is 13.3. The molecule has 0 saturated carbocycles. The number of hydrogen-bond acceptors (Lipinski definition) is 2. The average molecular weight is 304 g/mol. The van der Waals surface area contributed by atoms with Crippen LogP contribution in [-0.2, 0) is 0 Å². The van der Waals surface area contributed by atoms with E-state index in [1.165, 1.54) is 17.0 Å². The summed E-state index contributed by atoms with van der Waals surface area (Å²) in [6.45, 7) is 2.10. The third-order valence-electron chi connectivity index (χ3n) is 2.40. The predicted octanol–water partition coefficient (Wildman–Crippen LogP) is 2.43. The zero-order chi connectivity index (χ0) is 13.0. The van der Waals surface area contributed by atoms with Crippen LogP contribution < -0.4 is 0 Å². The molecule has 1 amide bonds. The third kappa shape index (κ3) is 4.09. The number of aliphatic hydroxyl groups excluding tert-OH is 1. The van der Waals surface area contributed by atoms with Gasteiger partial charge >= 0.3 is 0 Å². The summed E-state index contributed by atoms with van der Waals surface area (Å²) in [5.74, 6) is -0.711. The molecule has 0 heterocycles. The van der Waals surface area contributed by atoms with Crippen LogP contribution in [0.25, 0.3) is 0 Å². The summed E-state index contributed by atoms with van der Waals surface area (Å²) in [5, 5.41) is 9.13. The van der Waals surface area contributed by atoms with Crippen molar-refractivity contribution >= 4 is 21.8 Å². The molecule has 0 aromatic heterocycles. The normalized spacial score (nSPS) is 12.3. The van der Waals surface area contributed by atoms with Crippen molar-refractivity contribution in [2.24, 2.45) is 0 Å². The van der Waals surface area contributed by atoms with E-state index in [0.717, 1.165) is 0 Å². The lowest BCUT2D eigenvalue weighted by atomic mass is 10.2. The van der Waals surface area contributed by atoms with Gasteiger partial charge in [0.15, 0.2) is 0 Å². The second-order valence-electron chi connectivity index (χ2n) is 3.99. The number of carbonyl (C=O) groups is 1. The molecule has 94 valence electrons. The lowest BCUT2D eigenvalue weighted by Gasteiger charge is -2.18. The van der Waals surface area contributed by atoms with Gasteiger partial charge in [-0.05, 0) is 47.5 Å². The number of rotatable bonds is 4. The molecule has 0 bridgehead atoms. The Hall–Kier alpha value is -0.940. The fourth-order valence-corrected chi connectivity index (χ4v) is 1.58. The molecule has 1 aromatic rings. The van der Waals surface area contributed by atoms with E-state index in [-0.39, 0.29) is 5.91 Å². The lowest BCUT2D eigenvalue weighted by Crippen LogP contribution is -2.29. The van der Waals surface area contributed by atoms with Gasteiger partial charge in [0, 0.05) is 19.2 Å².